The first kappa shape index (κ1) is 20.3. The van der Waals surface area contributed by atoms with E-state index >= 15 is 0 Å². The van der Waals surface area contributed by atoms with Gasteiger partial charge in [-0.15, -0.1) is 0 Å². The summed E-state index contributed by atoms with van der Waals surface area (Å²) in [6.07, 6.45) is 4.71. The summed E-state index contributed by atoms with van der Waals surface area (Å²) in [4.78, 5) is 27.7. The molecule has 0 N–H and O–H groups in total. The van der Waals surface area contributed by atoms with Crippen LogP contribution in [0.2, 0.25) is 0 Å². The predicted octanol–water partition coefficient (Wildman–Crippen LogP) is 4.10. The molecule has 0 heterocycles. The summed E-state index contributed by atoms with van der Waals surface area (Å²) >= 11 is 0. The normalized spacial score (nSPS) is 15.3. The summed E-state index contributed by atoms with van der Waals surface area (Å²) in [6, 6.07) is 8.69. The lowest BCUT2D eigenvalue weighted by molar-refractivity contribution is -0.161. The highest BCUT2D eigenvalue weighted by atomic mass is 16.6. The van der Waals surface area contributed by atoms with Gasteiger partial charge in [-0.25, -0.2) is 9.59 Å². The maximum Gasteiger partial charge on any atom is 0.340 e. The maximum atomic E-state index is 12.9. The monoisotopic (exact) mass is 361 g/mol. The van der Waals surface area contributed by atoms with Gasteiger partial charge in [0, 0.05) is 11.7 Å². The molecule has 1 aliphatic rings. The smallest absolute Gasteiger partial charge is 0.340 e. The molecule has 144 valence electrons. The quantitative estimate of drug-likeness (QED) is 0.541. The van der Waals surface area contributed by atoms with Gasteiger partial charge in [-0.2, -0.15) is 0 Å². The summed E-state index contributed by atoms with van der Waals surface area (Å²) in [7, 11) is 0. The van der Waals surface area contributed by atoms with Gasteiger partial charge in [-0.3, -0.25) is 0 Å². The number of nitrogens with zero attached hydrogens (tertiary/aromatic N) is 1. The number of carbonyl (C=O) groups is 2. The maximum absolute atomic E-state index is 12.9. The zero-order valence-electron chi connectivity index (χ0n) is 16.3. The number of hydrogen-bond donors (Lipinski definition) is 0. The standard InChI is InChI=1S/C21H31NO4/c1-15(2)25-20(23)19(21(24)26-16(3)4)22(17-11-7-5-8-12-17)18-13-9-6-10-14-18/h5,7-8,11-12,15-16,18-19H,6,9-10,13-14H2,1-4H3. The van der Waals surface area contributed by atoms with Crippen LogP contribution in [0.15, 0.2) is 30.3 Å². The molecular formula is C21H31NO4. The summed E-state index contributed by atoms with van der Waals surface area (Å²) in [6.45, 7) is 7.15. The van der Waals surface area contributed by atoms with Crippen molar-refractivity contribution in [2.45, 2.75) is 84.1 Å². The Bertz CT molecular complexity index is 557. The fourth-order valence-corrected chi connectivity index (χ4v) is 3.45. The first-order chi connectivity index (χ1) is 12.4. The van der Waals surface area contributed by atoms with Gasteiger partial charge in [-0.1, -0.05) is 37.5 Å². The van der Waals surface area contributed by atoms with Crippen molar-refractivity contribution in [3.8, 4) is 0 Å². The van der Waals surface area contributed by atoms with Crippen molar-refractivity contribution in [2.75, 3.05) is 4.90 Å². The van der Waals surface area contributed by atoms with Gasteiger partial charge in [0.05, 0.1) is 12.2 Å². The largest absolute Gasteiger partial charge is 0.461 e. The molecule has 0 atom stereocenters. The zero-order valence-corrected chi connectivity index (χ0v) is 16.3. The number of carbonyl (C=O) groups excluding carboxylic acids is 2. The Morgan fingerprint density at radius 3 is 1.85 bits per heavy atom. The third kappa shape index (κ3) is 5.48. The topological polar surface area (TPSA) is 55.8 Å². The third-order valence-corrected chi connectivity index (χ3v) is 4.45. The van der Waals surface area contributed by atoms with Crippen LogP contribution in [0.5, 0.6) is 0 Å². The Morgan fingerprint density at radius 1 is 0.885 bits per heavy atom. The molecule has 1 fully saturated rings. The highest BCUT2D eigenvalue weighted by Crippen LogP contribution is 2.30. The molecule has 1 aromatic rings. The van der Waals surface area contributed by atoms with Gasteiger partial charge in [-0.05, 0) is 52.7 Å². The SMILES string of the molecule is CC(C)OC(=O)C(C(=O)OC(C)C)N(c1ccccc1)C1CCCCC1. The average Bonchev–Trinajstić information content (AvgIpc) is 2.59. The molecule has 1 aromatic carbocycles. The molecule has 0 amide bonds. The van der Waals surface area contributed by atoms with Gasteiger partial charge in [0.15, 0.2) is 0 Å². The van der Waals surface area contributed by atoms with E-state index in [1.807, 2.05) is 35.2 Å². The molecule has 0 unspecified atom stereocenters. The van der Waals surface area contributed by atoms with Gasteiger partial charge >= 0.3 is 11.9 Å². The number of rotatable bonds is 7. The van der Waals surface area contributed by atoms with Crippen molar-refractivity contribution in [1.29, 1.82) is 0 Å². The Morgan fingerprint density at radius 2 is 1.38 bits per heavy atom. The average molecular weight is 361 g/mol. The van der Waals surface area contributed by atoms with Crippen LogP contribution in [0.3, 0.4) is 0 Å². The third-order valence-electron chi connectivity index (χ3n) is 4.45. The number of esters is 2. The van der Waals surface area contributed by atoms with Crippen LogP contribution in [0.4, 0.5) is 5.69 Å². The van der Waals surface area contributed by atoms with E-state index in [0.29, 0.717) is 0 Å². The second-order valence-corrected chi connectivity index (χ2v) is 7.41. The molecule has 0 spiro atoms. The van der Waals surface area contributed by atoms with E-state index in [4.69, 9.17) is 9.47 Å². The van der Waals surface area contributed by atoms with E-state index in [2.05, 4.69) is 0 Å². The minimum Gasteiger partial charge on any atom is -0.461 e. The van der Waals surface area contributed by atoms with Crippen LogP contribution in [-0.2, 0) is 19.1 Å². The molecule has 1 aliphatic carbocycles. The summed E-state index contributed by atoms with van der Waals surface area (Å²) < 4.78 is 10.9. The van der Waals surface area contributed by atoms with Crippen LogP contribution in [0, 0.1) is 0 Å². The van der Waals surface area contributed by atoms with Gasteiger partial charge < -0.3 is 14.4 Å². The fourth-order valence-electron chi connectivity index (χ4n) is 3.45. The molecule has 0 radical (unpaired) electrons. The van der Waals surface area contributed by atoms with Gasteiger partial charge in [0.25, 0.3) is 0 Å². The van der Waals surface area contributed by atoms with Gasteiger partial charge in [0.2, 0.25) is 6.04 Å². The van der Waals surface area contributed by atoms with E-state index < -0.39 is 18.0 Å². The molecular weight excluding hydrogens is 330 g/mol. The van der Waals surface area contributed by atoms with Gasteiger partial charge in [0.1, 0.15) is 0 Å². The minimum absolute atomic E-state index is 0.121. The van der Waals surface area contributed by atoms with Crippen LogP contribution < -0.4 is 4.90 Å². The van der Waals surface area contributed by atoms with Crippen molar-refractivity contribution in [3.05, 3.63) is 30.3 Å². The lowest BCUT2D eigenvalue weighted by atomic mass is 9.92. The number of benzene rings is 1. The Balaban J connectivity index is 2.41. The first-order valence-corrected chi connectivity index (χ1v) is 9.64. The number of para-hydroxylation sites is 1. The second kappa shape index (κ2) is 9.60. The Labute approximate surface area is 156 Å². The summed E-state index contributed by atoms with van der Waals surface area (Å²) in [5.74, 6) is -1.08. The second-order valence-electron chi connectivity index (χ2n) is 7.41. The molecule has 0 bridgehead atoms. The predicted molar refractivity (Wildman–Crippen MR) is 102 cm³/mol. The van der Waals surface area contributed by atoms with E-state index in [0.717, 1.165) is 31.4 Å². The van der Waals surface area contributed by atoms with Crippen LogP contribution in [0.25, 0.3) is 0 Å². The fraction of sp³-hybridized carbons (Fsp3) is 0.619. The molecule has 0 saturated heterocycles. The Kier molecular flexibility index (Phi) is 7.49. The Hall–Kier alpha value is -2.04. The van der Waals surface area contributed by atoms with E-state index in [1.165, 1.54) is 6.42 Å². The molecule has 26 heavy (non-hydrogen) atoms. The highest BCUT2D eigenvalue weighted by molar-refractivity contribution is 6.02. The zero-order chi connectivity index (χ0) is 19.1. The lowest BCUT2D eigenvalue weighted by Crippen LogP contribution is -2.54. The molecule has 2 rings (SSSR count). The minimum atomic E-state index is -1.08. The van der Waals surface area contributed by atoms with E-state index in [-0.39, 0.29) is 18.2 Å². The van der Waals surface area contributed by atoms with E-state index in [1.54, 1.807) is 27.7 Å². The first-order valence-electron chi connectivity index (χ1n) is 9.64. The van der Waals surface area contributed by atoms with Crippen molar-refractivity contribution < 1.29 is 19.1 Å². The van der Waals surface area contributed by atoms with Crippen molar-refractivity contribution in [3.63, 3.8) is 0 Å². The molecule has 1 saturated carbocycles. The highest BCUT2D eigenvalue weighted by Gasteiger charge is 2.40. The van der Waals surface area contributed by atoms with Crippen LogP contribution >= 0.6 is 0 Å². The summed E-state index contributed by atoms with van der Waals surface area (Å²) in [5, 5.41) is 0. The molecule has 5 heteroatoms. The summed E-state index contributed by atoms with van der Waals surface area (Å²) in [5.41, 5.74) is 0.853. The number of ether oxygens (including phenoxy) is 2. The van der Waals surface area contributed by atoms with Crippen LogP contribution in [-0.4, -0.2) is 36.2 Å². The van der Waals surface area contributed by atoms with Crippen molar-refractivity contribution in [1.82, 2.24) is 0 Å². The number of hydrogen-bond acceptors (Lipinski definition) is 5. The lowest BCUT2D eigenvalue weighted by Gasteiger charge is -2.39. The number of anilines is 1. The van der Waals surface area contributed by atoms with Crippen molar-refractivity contribution in [2.24, 2.45) is 0 Å². The molecule has 0 aromatic heterocycles. The van der Waals surface area contributed by atoms with Crippen molar-refractivity contribution >= 4 is 17.6 Å². The molecule has 0 aliphatic heterocycles. The van der Waals surface area contributed by atoms with Crippen LogP contribution in [0.1, 0.15) is 59.8 Å². The van der Waals surface area contributed by atoms with E-state index in [9.17, 15) is 9.59 Å². The molecule has 5 nitrogen and oxygen atoms in total.